The molecule has 1 aromatic carbocycles. The predicted molar refractivity (Wildman–Crippen MR) is 69.9 cm³/mol. The van der Waals surface area contributed by atoms with Gasteiger partial charge in [0, 0.05) is 25.2 Å². The molecule has 0 unspecified atom stereocenters. The molecule has 1 rings (SSSR count). The van der Waals surface area contributed by atoms with E-state index in [9.17, 15) is 17.2 Å². The second kappa shape index (κ2) is 6.40. The van der Waals surface area contributed by atoms with Gasteiger partial charge in [0.1, 0.15) is 11.6 Å². The summed E-state index contributed by atoms with van der Waals surface area (Å²) in [4.78, 5) is 0. The van der Waals surface area contributed by atoms with Crippen LogP contribution in [0.1, 0.15) is 19.4 Å². The Balaban J connectivity index is 2.79. The van der Waals surface area contributed by atoms with Gasteiger partial charge in [-0.3, -0.25) is 0 Å². The van der Waals surface area contributed by atoms with E-state index in [-0.39, 0.29) is 12.0 Å². The zero-order chi connectivity index (χ0) is 14.6. The fourth-order valence-electron chi connectivity index (χ4n) is 1.59. The van der Waals surface area contributed by atoms with Gasteiger partial charge in [-0.25, -0.2) is 8.78 Å². The molecule has 0 radical (unpaired) electrons. The van der Waals surface area contributed by atoms with Crippen molar-refractivity contribution in [3.63, 3.8) is 0 Å². The van der Waals surface area contributed by atoms with E-state index < -0.39 is 27.9 Å². The van der Waals surface area contributed by atoms with Crippen LogP contribution in [-0.2, 0) is 16.6 Å². The highest BCUT2D eigenvalue weighted by Gasteiger charge is 2.20. The van der Waals surface area contributed by atoms with Gasteiger partial charge in [-0.1, -0.05) is 13.0 Å². The molecule has 0 amide bonds. The van der Waals surface area contributed by atoms with Gasteiger partial charge in [0.25, 0.3) is 10.2 Å². The van der Waals surface area contributed by atoms with Crippen LogP contribution in [0.2, 0.25) is 0 Å². The van der Waals surface area contributed by atoms with E-state index >= 15 is 0 Å². The Hall–Kier alpha value is -1.05. The average molecular weight is 292 g/mol. The first kappa shape index (κ1) is 16.0. The molecule has 0 saturated carbocycles. The van der Waals surface area contributed by atoms with E-state index in [4.69, 9.17) is 0 Å². The van der Waals surface area contributed by atoms with Gasteiger partial charge < -0.3 is 0 Å². The third kappa shape index (κ3) is 4.22. The van der Waals surface area contributed by atoms with Crippen LogP contribution in [0.4, 0.5) is 8.78 Å². The summed E-state index contributed by atoms with van der Waals surface area (Å²) in [7, 11) is -2.19. The van der Waals surface area contributed by atoms with Crippen molar-refractivity contribution in [2.75, 3.05) is 13.6 Å². The lowest BCUT2D eigenvalue weighted by Crippen LogP contribution is -2.43. The summed E-state index contributed by atoms with van der Waals surface area (Å²) in [5.41, 5.74) is -0.114. The van der Waals surface area contributed by atoms with Crippen LogP contribution in [0.3, 0.4) is 0 Å². The fourth-order valence-corrected chi connectivity index (χ4v) is 2.70. The molecule has 0 aromatic heterocycles. The molecule has 1 aromatic rings. The van der Waals surface area contributed by atoms with E-state index in [0.29, 0.717) is 6.54 Å². The Labute approximate surface area is 112 Å². The molecule has 0 spiro atoms. The molecule has 0 aliphatic heterocycles. The summed E-state index contributed by atoms with van der Waals surface area (Å²) >= 11 is 0. The SMILES string of the molecule is CCN(C)S(=O)(=O)N[C@H](C)Cc1c(F)cccc1F. The van der Waals surface area contributed by atoms with Crippen molar-refractivity contribution >= 4 is 10.2 Å². The lowest BCUT2D eigenvalue weighted by molar-refractivity contribution is 0.458. The highest BCUT2D eigenvalue weighted by Crippen LogP contribution is 2.14. The monoisotopic (exact) mass is 292 g/mol. The minimum absolute atomic E-state index is 0.0463. The van der Waals surface area contributed by atoms with Crippen molar-refractivity contribution in [1.82, 2.24) is 9.03 Å². The molecule has 0 fully saturated rings. The molecule has 4 nitrogen and oxygen atoms in total. The van der Waals surface area contributed by atoms with E-state index in [1.807, 2.05) is 0 Å². The molecule has 108 valence electrons. The standard InChI is InChI=1S/C12H18F2N2O2S/c1-4-16(3)19(17,18)15-9(2)8-10-11(13)6-5-7-12(10)14/h5-7,9,15H,4,8H2,1-3H3/t9-/m1/s1. The number of hydrogen-bond acceptors (Lipinski definition) is 2. The molecular formula is C12H18F2N2O2S. The molecule has 7 heteroatoms. The van der Waals surface area contributed by atoms with Crippen molar-refractivity contribution in [2.24, 2.45) is 0 Å². The normalized spacial score (nSPS) is 13.8. The quantitative estimate of drug-likeness (QED) is 0.867. The fraction of sp³-hybridized carbons (Fsp3) is 0.500. The van der Waals surface area contributed by atoms with Gasteiger partial charge in [0.2, 0.25) is 0 Å². The number of nitrogens with one attached hydrogen (secondary N) is 1. The summed E-state index contributed by atoms with van der Waals surface area (Å²) in [6.07, 6.45) is -0.0463. The zero-order valence-corrected chi connectivity index (χ0v) is 12.0. The van der Waals surface area contributed by atoms with E-state index in [2.05, 4.69) is 4.72 Å². The van der Waals surface area contributed by atoms with E-state index in [1.165, 1.54) is 13.1 Å². The maximum atomic E-state index is 13.4. The molecule has 0 aliphatic rings. The van der Waals surface area contributed by atoms with E-state index in [1.54, 1.807) is 13.8 Å². The largest absolute Gasteiger partial charge is 0.279 e. The van der Waals surface area contributed by atoms with Gasteiger partial charge in [-0.15, -0.1) is 0 Å². The molecule has 0 bridgehead atoms. The van der Waals surface area contributed by atoms with E-state index in [0.717, 1.165) is 16.4 Å². The number of hydrogen-bond donors (Lipinski definition) is 1. The second-order valence-electron chi connectivity index (χ2n) is 4.34. The van der Waals surface area contributed by atoms with Gasteiger partial charge in [-0.05, 0) is 25.5 Å². The number of benzene rings is 1. The molecule has 0 heterocycles. The first-order valence-electron chi connectivity index (χ1n) is 5.94. The third-order valence-corrected chi connectivity index (χ3v) is 4.56. The van der Waals surface area contributed by atoms with Gasteiger partial charge >= 0.3 is 0 Å². The van der Waals surface area contributed by atoms with Crippen molar-refractivity contribution in [1.29, 1.82) is 0 Å². The maximum Gasteiger partial charge on any atom is 0.279 e. The second-order valence-corrected chi connectivity index (χ2v) is 6.15. The van der Waals surface area contributed by atoms with Crippen LogP contribution >= 0.6 is 0 Å². The van der Waals surface area contributed by atoms with Gasteiger partial charge in [0.05, 0.1) is 0 Å². The Bertz CT molecular complexity index is 514. The third-order valence-electron chi connectivity index (χ3n) is 2.78. The average Bonchev–Trinajstić information content (AvgIpc) is 2.32. The van der Waals surface area contributed by atoms with Crippen LogP contribution < -0.4 is 4.72 Å². The van der Waals surface area contributed by atoms with Crippen molar-refractivity contribution in [3.05, 3.63) is 35.4 Å². The molecule has 19 heavy (non-hydrogen) atoms. The molecule has 0 aliphatic carbocycles. The first-order chi connectivity index (χ1) is 8.77. The Morgan fingerprint density at radius 2 is 1.84 bits per heavy atom. The predicted octanol–water partition coefficient (Wildman–Crippen LogP) is 1.68. The Morgan fingerprint density at radius 3 is 2.32 bits per heavy atom. The highest BCUT2D eigenvalue weighted by molar-refractivity contribution is 7.87. The molecule has 1 N–H and O–H groups in total. The van der Waals surface area contributed by atoms with Gasteiger partial charge in [0.15, 0.2) is 0 Å². The van der Waals surface area contributed by atoms with Crippen molar-refractivity contribution in [2.45, 2.75) is 26.3 Å². The topological polar surface area (TPSA) is 49.4 Å². The van der Waals surface area contributed by atoms with Crippen molar-refractivity contribution in [3.8, 4) is 0 Å². The Morgan fingerprint density at radius 1 is 1.32 bits per heavy atom. The highest BCUT2D eigenvalue weighted by atomic mass is 32.2. The lowest BCUT2D eigenvalue weighted by atomic mass is 10.1. The minimum atomic E-state index is -3.62. The van der Waals surface area contributed by atoms with Crippen molar-refractivity contribution < 1.29 is 17.2 Å². The van der Waals surface area contributed by atoms with Crippen LogP contribution in [0.5, 0.6) is 0 Å². The molecule has 1 atom stereocenters. The van der Waals surface area contributed by atoms with Crippen LogP contribution in [0, 0.1) is 11.6 Å². The summed E-state index contributed by atoms with van der Waals surface area (Å²) in [6, 6.07) is 2.97. The maximum absolute atomic E-state index is 13.4. The lowest BCUT2D eigenvalue weighted by Gasteiger charge is -2.20. The summed E-state index contributed by atoms with van der Waals surface area (Å²) < 4.78 is 53.9. The Kier molecular flexibility index (Phi) is 5.39. The molecule has 0 saturated heterocycles. The smallest absolute Gasteiger partial charge is 0.207 e. The summed E-state index contributed by atoms with van der Waals surface area (Å²) in [5.74, 6) is -1.34. The summed E-state index contributed by atoms with van der Waals surface area (Å²) in [5, 5.41) is 0. The van der Waals surface area contributed by atoms with Crippen LogP contribution in [-0.4, -0.2) is 32.4 Å². The molecular weight excluding hydrogens is 274 g/mol. The number of halogens is 2. The number of rotatable bonds is 6. The van der Waals surface area contributed by atoms with Gasteiger partial charge in [-0.2, -0.15) is 17.4 Å². The zero-order valence-electron chi connectivity index (χ0n) is 11.2. The number of nitrogens with zero attached hydrogens (tertiary/aromatic N) is 1. The van der Waals surface area contributed by atoms with Crippen LogP contribution in [0.15, 0.2) is 18.2 Å². The minimum Gasteiger partial charge on any atom is -0.207 e. The van der Waals surface area contributed by atoms with Crippen LogP contribution in [0.25, 0.3) is 0 Å². The summed E-state index contributed by atoms with van der Waals surface area (Å²) in [6.45, 7) is 3.57. The first-order valence-corrected chi connectivity index (χ1v) is 7.38.